The number of hydrogen-bond acceptors (Lipinski definition) is 4. The summed E-state index contributed by atoms with van der Waals surface area (Å²) in [5.74, 6) is -0.0350. The molecule has 2 atom stereocenters. The minimum Gasteiger partial charge on any atom is -0.367 e. The average molecular weight is 320 g/mol. The van der Waals surface area contributed by atoms with E-state index < -0.39 is 0 Å². The summed E-state index contributed by atoms with van der Waals surface area (Å²) in [6, 6.07) is 5.61. The molecule has 2 aromatic heterocycles. The van der Waals surface area contributed by atoms with Gasteiger partial charge in [0.05, 0.1) is 18.2 Å². The number of pyridine rings is 1. The first kappa shape index (κ1) is 14.4. The Kier molecular flexibility index (Phi) is 4.19. The zero-order chi connectivity index (χ0) is 14.8. The van der Waals surface area contributed by atoms with Crippen molar-refractivity contribution in [1.82, 2.24) is 9.88 Å². The molecule has 1 amide bonds. The predicted octanol–water partition coefficient (Wildman–Crippen LogP) is 3.41. The van der Waals surface area contributed by atoms with Gasteiger partial charge in [0.1, 0.15) is 10.7 Å². The molecule has 1 aliphatic heterocycles. The Morgan fingerprint density at radius 2 is 2.33 bits per heavy atom. The minimum atomic E-state index is -0.0646. The summed E-state index contributed by atoms with van der Waals surface area (Å²) in [6.45, 7) is 3.14. The molecule has 4 nitrogen and oxygen atoms in total. The van der Waals surface area contributed by atoms with Gasteiger partial charge in [-0.2, -0.15) is 11.3 Å². The van der Waals surface area contributed by atoms with Crippen LogP contribution in [0.15, 0.2) is 35.2 Å². The SMILES string of the molecule is C[C@@H]1CN(C(=O)c2ccc[nH]c2=S)C[C@@H](c2ccsc2)O1. The molecule has 2 aromatic rings. The first-order valence-electron chi connectivity index (χ1n) is 6.79. The number of aromatic amines is 1. The molecule has 1 fully saturated rings. The number of aromatic nitrogens is 1. The van der Waals surface area contributed by atoms with Gasteiger partial charge in [0.15, 0.2) is 0 Å². The van der Waals surface area contributed by atoms with Crippen LogP contribution >= 0.6 is 23.6 Å². The first-order chi connectivity index (χ1) is 10.1. The number of amides is 1. The minimum absolute atomic E-state index is 0.00821. The lowest BCUT2D eigenvalue weighted by molar-refractivity contribution is -0.0690. The Morgan fingerprint density at radius 1 is 1.48 bits per heavy atom. The summed E-state index contributed by atoms with van der Waals surface area (Å²) in [4.78, 5) is 17.4. The lowest BCUT2D eigenvalue weighted by Crippen LogP contribution is -2.46. The van der Waals surface area contributed by atoms with Gasteiger partial charge < -0.3 is 14.6 Å². The maximum atomic E-state index is 12.7. The van der Waals surface area contributed by atoms with Gasteiger partial charge in [0.2, 0.25) is 0 Å². The van der Waals surface area contributed by atoms with Crippen LogP contribution in [0.5, 0.6) is 0 Å². The molecule has 0 radical (unpaired) electrons. The van der Waals surface area contributed by atoms with Crippen LogP contribution in [0.2, 0.25) is 0 Å². The number of nitrogens with one attached hydrogen (secondary N) is 1. The Balaban J connectivity index is 1.83. The number of morpholine rings is 1. The fraction of sp³-hybridized carbons (Fsp3) is 0.333. The van der Waals surface area contributed by atoms with E-state index in [1.54, 1.807) is 29.7 Å². The second-order valence-electron chi connectivity index (χ2n) is 5.12. The molecule has 3 rings (SSSR count). The number of thiophene rings is 1. The molecular weight excluding hydrogens is 304 g/mol. The van der Waals surface area contributed by atoms with Gasteiger partial charge >= 0.3 is 0 Å². The highest BCUT2D eigenvalue weighted by Crippen LogP contribution is 2.27. The van der Waals surface area contributed by atoms with Crippen LogP contribution in [0.3, 0.4) is 0 Å². The number of ether oxygens (including phenoxy) is 1. The summed E-state index contributed by atoms with van der Waals surface area (Å²) < 4.78 is 6.44. The van der Waals surface area contributed by atoms with E-state index >= 15 is 0 Å². The Labute approximate surface area is 132 Å². The summed E-state index contributed by atoms with van der Waals surface area (Å²) in [7, 11) is 0. The van der Waals surface area contributed by atoms with E-state index in [-0.39, 0.29) is 18.1 Å². The zero-order valence-corrected chi connectivity index (χ0v) is 13.2. The molecule has 0 aliphatic carbocycles. The third-order valence-corrected chi connectivity index (χ3v) is 4.55. The molecule has 0 aromatic carbocycles. The Morgan fingerprint density at radius 3 is 3.05 bits per heavy atom. The summed E-state index contributed by atoms with van der Waals surface area (Å²) in [5, 5.41) is 4.10. The lowest BCUT2D eigenvalue weighted by Gasteiger charge is -2.36. The maximum absolute atomic E-state index is 12.7. The molecule has 0 bridgehead atoms. The molecule has 6 heteroatoms. The van der Waals surface area contributed by atoms with E-state index in [2.05, 4.69) is 10.4 Å². The van der Waals surface area contributed by atoms with Gasteiger partial charge in [-0.25, -0.2) is 0 Å². The largest absolute Gasteiger partial charge is 0.367 e. The molecule has 1 N–H and O–H groups in total. The van der Waals surface area contributed by atoms with Crippen molar-refractivity contribution in [2.75, 3.05) is 13.1 Å². The van der Waals surface area contributed by atoms with E-state index in [1.165, 1.54) is 0 Å². The van der Waals surface area contributed by atoms with Crippen LogP contribution in [-0.4, -0.2) is 35.0 Å². The lowest BCUT2D eigenvalue weighted by atomic mass is 10.1. The highest BCUT2D eigenvalue weighted by molar-refractivity contribution is 7.71. The van der Waals surface area contributed by atoms with E-state index in [0.29, 0.717) is 23.3 Å². The number of H-pyrrole nitrogens is 1. The fourth-order valence-electron chi connectivity index (χ4n) is 2.52. The highest BCUT2D eigenvalue weighted by Gasteiger charge is 2.30. The molecule has 0 saturated carbocycles. The molecule has 1 aliphatic rings. The van der Waals surface area contributed by atoms with Crippen LogP contribution in [0.25, 0.3) is 0 Å². The monoisotopic (exact) mass is 320 g/mol. The third-order valence-electron chi connectivity index (χ3n) is 3.51. The second kappa shape index (κ2) is 6.09. The van der Waals surface area contributed by atoms with Crippen LogP contribution in [0.1, 0.15) is 28.9 Å². The fourth-order valence-corrected chi connectivity index (χ4v) is 3.45. The van der Waals surface area contributed by atoms with Crippen LogP contribution in [0.4, 0.5) is 0 Å². The van der Waals surface area contributed by atoms with Gasteiger partial charge in [-0.05, 0) is 41.4 Å². The number of carbonyl (C=O) groups excluding carboxylic acids is 1. The highest BCUT2D eigenvalue weighted by atomic mass is 32.1. The maximum Gasteiger partial charge on any atom is 0.257 e. The van der Waals surface area contributed by atoms with Crippen LogP contribution < -0.4 is 0 Å². The molecule has 110 valence electrons. The van der Waals surface area contributed by atoms with Crippen molar-refractivity contribution in [2.45, 2.75) is 19.1 Å². The molecule has 21 heavy (non-hydrogen) atoms. The van der Waals surface area contributed by atoms with E-state index in [1.807, 2.05) is 23.3 Å². The standard InChI is InChI=1S/C15H16N2O2S2/c1-10-7-17(8-13(19-10)11-4-6-21-9-11)15(18)12-3-2-5-16-14(12)20/h2-6,9-10,13H,7-8H2,1H3,(H,16,20)/t10-,13+/m1/s1. The topological polar surface area (TPSA) is 45.3 Å². The van der Waals surface area contributed by atoms with Crippen LogP contribution in [-0.2, 0) is 4.74 Å². The Hall–Kier alpha value is -1.50. The second-order valence-corrected chi connectivity index (χ2v) is 6.30. The Bertz CT molecular complexity index is 681. The third kappa shape index (κ3) is 3.07. The van der Waals surface area contributed by atoms with Crippen molar-refractivity contribution in [2.24, 2.45) is 0 Å². The smallest absolute Gasteiger partial charge is 0.257 e. The van der Waals surface area contributed by atoms with Gasteiger partial charge in [-0.3, -0.25) is 4.79 Å². The van der Waals surface area contributed by atoms with E-state index in [0.717, 1.165) is 5.56 Å². The van der Waals surface area contributed by atoms with Crippen molar-refractivity contribution in [3.8, 4) is 0 Å². The zero-order valence-electron chi connectivity index (χ0n) is 11.6. The number of rotatable bonds is 2. The predicted molar refractivity (Wildman–Crippen MR) is 85.1 cm³/mol. The van der Waals surface area contributed by atoms with Crippen LogP contribution in [0, 0.1) is 4.64 Å². The van der Waals surface area contributed by atoms with Crippen molar-refractivity contribution >= 4 is 29.5 Å². The van der Waals surface area contributed by atoms with Crippen molar-refractivity contribution in [3.63, 3.8) is 0 Å². The molecule has 3 heterocycles. The quantitative estimate of drug-likeness (QED) is 0.863. The summed E-state index contributed by atoms with van der Waals surface area (Å²) >= 11 is 6.84. The number of nitrogens with zero attached hydrogens (tertiary/aromatic N) is 1. The van der Waals surface area contributed by atoms with E-state index in [4.69, 9.17) is 17.0 Å². The van der Waals surface area contributed by atoms with Gasteiger partial charge in [-0.15, -0.1) is 0 Å². The van der Waals surface area contributed by atoms with Crippen molar-refractivity contribution in [1.29, 1.82) is 0 Å². The van der Waals surface area contributed by atoms with Crippen molar-refractivity contribution in [3.05, 3.63) is 50.9 Å². The molecule has 0 unspecified atom stereocenters. The molecule has 1 saturated heterocycles. The summed E-state index contributed by atoms with van der Waals surface area (Å²) in [6.07, 6.45) is 1.67. The molecule has 0 spiro atoms. The van der Waals surface area contributed by atoms with E-state index in [9.17, 15) is 4.79 Å². The normalized spacial score (nSPS) is 22.2. The first-order valence-corrected chi connectivity index (χ1v) is 8.15. The average Bonchev–Trinajstić information content (AvgIpc) is 3.01. The van der Waals surface area contributed by atoms with Gasteiger partial charge in [0, 0.05) is 12.7 Å². The summed E-state index contributed by atoms with van der Waals surface area (Å²) in [5.41, 5.74) is 1.67. The number of hydrogen-bond donors (Lipinski definition) is 1. The molecular formula is C15H16N2O2S2. The van der Waals surface area contributed by atoms with Gasteiger partial charge in [-0.1, -0.05) is 12.2 Å². The van der Waals surface area contributed by atoms with Gasteiger partial charge in [0.25, 0.3) is 5.91 Å². The number of carbonyl (C=O) groups is 1. The van der Waals surface area contributed by atoms with Crippen molar-refractivity contribution < 1.29 is 9.53 Å².